The van der Waals surface area contributed by atoms with Crippen molar-refractivity contribution < 1.29 is 14.7 Å². The third-order valence-electron chi connectivity index (χ3n) is 3.12. The fourth-order valence-corrected chi connectivity index (χ4v) is 2.09. The van der Waals surface area contributed by atoms with Gasteiger partial charge in [-0.1, -0.05) is 12.1 Å². The molecule has 1 aromatic heterocycles. The fourth-order valence-electron chi connectivity index (χ4n) is 2.09. The SMILES string of the molecule is O=C(O)CCCCNC(=O)Cn1c(=O)[nH]c2ccccc21. The normalized spacial score (nSPS) is 10.7. The minimum atomic E-state index is -0.841. The van der Waals surface area contributed by atoms with Gasteiger partial charge in [0.25, 0.3) is 0 Å². The summed E-state index contributed by atoms with van der Waals surface area (Å²) in [5, 5.41) is 11.2. The summed E-state index contributed by atoms with van der Waals surface area (Å²) in [6.07, 6.45) is 1.21. The lowest BCUT2D eigenvalue weighted by molar-refractivity contribution is -0.137. The number of amides is 1. The van der Waals surface area contributed by atoms with Crippen LogP contribution in [-0.4, -0.2) is 33.1 Å². The smallest absolute Gasteiger partial charge is 0.326 e. The van der Waals surface area contributed by atoms with Crippen molar-refractivity contribution in [2.24, 2.45) is 0 Å². The number of fused-ring (bicyclic) bond motifs is 1. The summed E-state index contributed by atoms with van der Waals surface area (Å²) in [5.41, 5.74) is 1.05. The summed E-state index contributed by atoms with van der Waals surface area (Å²) < 4.78 is 1.38. The number of aromatic nitrogens is 2. The molecule has 0 saturated carbocycles. The van der Waals surface area contributed by atoms with Crippen molar-refractivity contribution in [2.45, 2.75) is 25.8 Å². The van der Waals surface area contributed by atoms with Crippen molar-refractivity contribution in [1.29, 1.82) is 0 Å². The molecule has 112 valence electrons. The van der Waals surface area contributed by atoms with Gasteiger partial charge < -0.3 is 15.4 Å². The maximum absolute atomic E-state index is 11.8. The van der Waals surface area contributed by atoms with Crippen molar-refractivity contribution in [3.8, 4) is 0 Å². The molecular weight excluding hydrogens is 274 g/mol. The number of hydrogen-bond donors (Lipinski definition) is 3. The van der Waals surface area contributed by atoms with Crippen LogP contribution in [0.3, 0.4) is 0 Å². The molecule has 0 aliphatic heterocycles. The molecule has 0 fully saturated rings. The first-order valence-electron chi connectivity index (χ1n) is 6.74. The molecule has 2 rings (SSSR count). The number of para-hydroxylation sites is 2. The number of imidazole rings is 1. The molecule has 0 atom stereocenters. The predicted octanol–water partition coefficient (Wildman–Crippen LogP) is 0.701. The summed E-state index contributed by atoms with van der Waals surface area (Å²) in [6, 6.07) is 7.16. The van der Waals surface area contributed by atoms with Gasteiger partial charge in [-0.05, 0) is 25.0 Å². The van der Waals surface area contributed by atoms with Crippen LogP contribution in [0.1, 0.15) is 19.3 Å². The van der Waals surface area contributed by atoms with Crippen molar-refractivity contribution in [3.05, 3.63) is 34.7 Å². The molecule has 0 aliphatic rings. The highest BCUT2D eigenvalue weighted by molar-refractivity contribution is 5.80. The Hall–Kier alpha value is -2.57. The number of unbranched alkanes of at least 4 members (excludes halogenated alkanes) is 1. The number of carboxylic acids is 1. The minimum absolute atomic E-state index is 0.0538. The van der Waals surface area contributed by atoms with Gasteiger partial charge in [0.15, 0.2) is 0 Å². The summed E-state index contributed by atoms with van der Waals surface area (Å²) >= 11 is 0. The van der Waals surface area contributed by atoms with Gasteiger partial charge in [0.2, 0.25) is 5.91 Å². The number of H-pyrrole nitrogens is 1. The molecule has 1 amide bonds. The van der Waals surface area contributed by atoms with Gasteiger partial charge in [0.05, 0.1) is 11.0 Å². The quantitative estimate of drug-likeness (QED) is 0.653. The van der Waals surface area contributed by atoms with Crippen molar-refractivity contribution >= 4 is 22.9 Å². The lowest BCUT2D eigenvalue weighted by atomic mass is 10.2. The molecule has 7 heteroatoms. The lowest BCUT2D eigenvalue weighted by Gasteiger charge is -2.05. The van der Waals surface area contributed by atoms with Gasteiger partial charge in [0.1, 0.15) is 6.54 Å². The van der Waals surface area contributed by atoms with Crippen LogP contribution in [0.4, 0.5) is 0 Å². The number of nitrogens with one attached hydrogen (secondary N) is 2. The first kappa shape index (κ1) is 14.8. The van der Waals surface area contributed by atoms with E-state index in [0.717, 1.165) is 0 Å². The molecule has 3 N–H and O–H groups in total. The first-order chi connectivity index (χ1) is 10.1. The Morgan fingerprint density at radius 1 is 1.24 bits per heavy atom. The maximum Gasteiger partial charge on any atom is 0.326 e. The molecule has 0 spiro atoms. The molecular formula is C14H17N3O4. The van der Waals surface area contributed by atoms with E-state index >= 15 is 0 Å². The zero-order chi connectivity index (χ0) is 15.2. The highest BCUT2D eigenvalue weighted by Gasteiger charge is 2.09. The topological polar surface area (TPSA) is 104 Å². The van der Waals surface area contributed by atoms with E-state index in [1.165, 1.54) is 4.57 Å². The summed E-state index contributed by atoms with van der Waals surface area (Å²) in [5.74, 6) is -1.11. The van der Waals surface area contributed by atoms with Crippen LogP contribution < -0.4 is 11.0 Å². The number of carbonyl (C=O) groups is 2. The van der Waals surface area contributed by atoms with Gasteiger partial charge in [0, 0.05) is 13.0 Å². The third kappa shape index (κ3) is 3.95. The second kappa shape index (κ2) is 6.74. The Kier molecular flexibility index (Phi) is 4.76. The number of benzene rings is 1. The van der Waals surface area contributed by atoms with Crippen LogP contribution in [0.5, 0.6) is 0 Å². The molecule has 7 nitrogen and oxygen atoms in total. The minimum Gasteiger partial charge on any atom is -0.481 e. The Bertz CT molecular complexity index is 702. The molecule has 0 saturated heterocycles. The molecule has 0 aliphatic carbocycles. The van der Waals surface area contributed by atoms with E-state index in [4.69, 9.17) is 5.11 Å². The fraction of sp³-hybridized carbons (Fsp3) is 0.357. The van der Waals surface area contributed by atoms with Crippen molar-refractivity contribution in [1.82, 2.24) is 14.9 Å². The second-order valence-corrected chi connectivity index (χ2v) is 4.73. The lowest BCUT2D eigenvalue weighted by Crippen LogP contribution is -2.31. The third-order valence-corrected chi connectivity index (χ3v) is 3.12. The van der Waals surface area contributed by atoms with E-state index in [0.29, 0.717) is 30.4 Å². The van der Waals surface area contributed by atoms with Crippen LogP contribution in [-0.2, 0) is 16.1 Å². The standard InChI is InChI=1S/C14H17N3O4/c18-12(15-8-4-3-7-13(19)20)9-17-11-6-2-1-5-10(11)16-14(17)21/h1-2,5-6H,3-4,7-9H2,(H,15,18)(H,16,21)(H,19,20). The number of aliphatic carboxylic acids is 1. The molecule has 0 bridgehead atoms. The van der Waals surface area contributed by atoms with Gasteiger partial charge in [-0.3, -0.25) is 14.2 Å². The molecule has 2 aromatic rings. The summed E-state index contributed by atoms with van der Waals surface area (Å²) in [4.78, 5) is 36.6. The maximum atomic E-state index is 11.8. The van der Waals surface area contributed by atoms with Crippen molar-refractivity contribution in [2.75, 3.05) is 6.54 Å². The van der Waals surface area contributed by atoms with Gasteiger partial charge in [-0.25, -0.2) is 4.79 Å². The average Bonchev–Trinajstić information content (AvgIpc) is 2.74. The van der Waals surface area contributed by atoms with Gasteiger partial charge in [-0.2, -0.15) is 0 Å². The van der Waals surface area contributed by atoms with Crippen LogP contribution >= 0.6 is 0 Å². The average molecular weight is 291 g/mol. The highest BCUT2D eigenvalue weighted by atomic mass is 16.4. The van der Waals surface area contributed by atoms with Crippen LogP contribution in [0.2, 0.25) is 0 Å². The number of rotatable bonds is 7. The molecule has 21 heavy (non-hydrogen) atoms. The second-order valence-electron chi connectivity index (χ2n) is 4.73. The monoisotopic (exact) mass is 291 g/mol. The Labute approximate surface area is 120 Å². The Morgan fingerprint density at radius 3 is 2.76 bits per heavy atom. The van der Waals surface area contributed by atoms with E-state index in [1.54, 1.807) is 18.2 Å². The zero-order valence-electron chi connectivity index (χ0n) is 11.5. The Morgan fingerprint density at radius 2 is 2.00 bits per heavy atom. The molecule has 0 radical (unpaired) electrons. The van der Waals surface area contributed by atoms with E-state index in [1.807, 2.05) is 6.07 Å². The molecule has 1 heterocycles. The van der Waals surface area contributed by atoms with Crippen molar-refractivity contribution in [3.63, 3.8) is 0 Å². The molecule has 1 aromatic carbocycles. The van der Waals surface area contributed by atoms with Crippen LogP contribution in [0.25, 0.3) is 11.0 Å². The summed E-state index contributed by atoms with van der Waals surface area (Å²) in [7, 11) is 0. The number of carboxylic acid groups (broad SMARTS) is 1. The van der Waals surface area contributed by atoms with Crippen LogP contribution in [0.15, 0.2) is 29.1 Å². The van der Waals surface area contributed by atoms with Gasteiger partial charge >= 0.3 is 11.7 Å². The van der Waals surface area contributed by atoms with E-state index in [9.17, 15) is 14.4 Å². The van der Waals surface area contributed by atoms with E-state index in [-0.39, 0.29) is 24.6 Å². The molecule has 0 unspecified atom stereocenters. The first-order valence-corrected chi connectivity index (χ1v) is 6.74. The predicted molar refractivity (Wildman–Crippen MR) is 77.1 cm³/mol. The Balaban J connectivity index is 1.88. The summed E-state index contributed by atoms with van der Waals surface area (Å²) in [6.45, 7) is 0.352. The van der Waals surface area contributed by atoms with E-state index in [2.05, 4.69) is 10.3 Å². The van der Waals surface area contributed by atoms with E-state index < -0.39 is 5.97 Å². The number of nitrogens with zero attached hydrogens (tertiary/aromatic N) is 1. The largest absolute Gasteiger partial charge is 0.481 e. The highest BCUT2D eigenvalue weighted by Crippen LogP contribution is 2.08. The number of aromatic amines is 1. The van der Waals surface area contributed by atoms with Crippen LogP contribution in [0, 0.1) is 0 Å². The number of carbonyl (C=O) groups excluding carboxylic acids is 1. The van der Waals surface area contributed by atoms with Gasteiger partial charge in [-0.15, -0.1) is 0 Å². The number of hydrogen-bond acceptors (Lipinski definition) is 3. The zero-order valence-corrected chi connectivity index (χ0v) is 11.5.